The van der Waals surface area contributed by atoms with E-state index in [0.29, 0.717) is 17.6 Å². The lowest BCUT2D eigenvalue weighted by Gasteiger charge is -2.51. The Balaban J connectivity index is 2.08. The topological polar surface area (TPSA) is 74.6 Å². The fraction of sp³-hybridized carbons (Fsp3) is 0.700. The predicted molar refractivity (Wildman–Crippen MR) is 91.2 cm³/mol. The van der Waals surface area contributed by atoms with Gasteiger partial charge < -0.3 is 10.2 Å². The van der Waals surface area contributed by atoms with Crippen LogP contribution in [-0.4, -0.2) is 34.0 Å². The molecule has 0 amide bonds. The number of aliphatic hydroxyl groups is 2. The number of allylic oxidation sites excluding steroid dienone is 2. The number of hydrogen-bond acceptors (Lipinski definition) is 4. The highest BCUT2D eigenvalue weighted by Crippen LogP contribution is 2.55. The van der Waals surface area contributed by atoms with Gasteiger partial charge in [0.1, 0.15) is 6.10 Å². The summed E-state index contributed by atoms with van der Waals surface area (Å²) in [5, 5.41) is 21.3. The Morgan fingerprint density at radius 2 is 1.75 bits per heavy atom. The first-order chi connectivity index (χ1) is 11.1. The van der Waals surface area contributed by atoms with Crippen molar-refractivity contribution in [3.8, 4) is 0 Å². The lowest BCUT2D eigenvalue weighted by Crippen LogP contribution is -2.51. The van der Waals surface area contributed by atoms with Crippen molar-refractivity contribution in [3.05, 3.63) is 23.8 Å². The van der Waals surface area contributed by atoms with Crippen molar-refractivity contribution in [1.29, 1.82) is 0 Å². The summed E-state index contributed by atoms with van der Waals surface area (Å²) in [6, 6.07) is 0. The molecule has 3 aliphatic rings. The van der Waals surface area contributed by atoms with E-state index in [0.717, 1.165) is 19.3 Å². The first-order valence-electron chi connectivity index (χ1n) is 8.93. The van der Waals surface area contributed by atoms with Crippen molar-refractivity contribution >= 4 is 11.6 Å². The minimum Gasteiger partial charge on any atom is -0.388 e. The molecule has 0 aromatic rings. The van der Waals surface area contributed by atoms with Gasteiger partial charge in [0.15, 0.2) is 11.6 Å². The highest BCUT2D eigenvalue weighted by molar-refractivity contribution is 6.11. The molecular formula is C20H28O4. The van der Waals surface area contributed by atoms with Crippen LogP contribution in [0.5, 0.6) is 0 Å². The Morgan fingerprint density at radius 3 is 2.42 bits per heavy atom. The van der Waals surface area contributed by atoms with Crippen LogP contribution < -0.4 is 0 Å². The molecular weight excluding hydrogens is 304 g/mol. The molecule has 1 fully saturated rings. The standard InChI is InChI=1S/C20H28O4/c1-11-12-8-13(17(11)23)14(21)10-16-19(2,3)6-5-7-20(16,4)18(24)15(22)9-12/h8,12,14-16,21-22H,1,5-7,9-10H2,2-4H3/t12?,14-,15-,16-,20-/m1/s1. The summed E-state index contributed by atoms with van der Waals surface area (Å²) in [4.78, 5) is 25.5. The molecule has 3 aliphatic carbocycles. The van der Waals surface area contributed by atoms with Crippen LogP contribution in [0.25, 0.3) is 0 Å². The lowest BCUT2D eigenvalue weighted by molar-refractivity contribution is -0.149. The number of hydrogen-bond donors (Lipinski definition) is 2. The quantitative estimate of drug-likeness (QED) is 0.669. The van der Waals surface area contributed by atoms with Gasteiger partial charge in [-0.3, -0.25) is 9.59 Å². The van der Waals surface area contributed by atoms with E-state index in [1.165, 1.54) is 0 Å². The van der Waals surface area contributed by atoms with Gasteiger partial charge in [0.2, 0.25) is 0 Å². The third-order valence-corrected chi connectivity index (χ3v) is 6.77. The summed E-state index contributed by atoms with van der Waals surface area (Å²) in [6.45, 7) is 10.0. The first-order valence-corrected chi connectivity index (χ1v) is 8.93. The van der Waals surface area contributed by atoms with E-state index in [9.17, 15) is 19.8 Å². The summed E-state index contributed by atoms with van der Waals surface area (Å²) >= 11 is 0. The number of carbonyl (C=O) groups is 2. The fourth-order valence-corrected chi connectivity index (χ4v) is 5.29. The molecule has 132 valence electrons. The number of carbonyl (C=O) groups excluding carboxylic acids is 2. The molecule has 0 aliphatic heterocycles. The van der Waals surface area contributed by atoms with Crippen LogP contribution in [0.4, 0.5) is 0 Å². The Morgan fingerprint density at radius 1 is 1.08 bits per heavy atom. The summed E-state index contributed by atoms with van der Waals surface area (Å²) in [5.41, 5.74) is -0.00846. The fourth-order valence-electron chi connectivity index (χ4n) is 5.29. The molecule has 2 N–H and O–H groups in total. The second kappa shape index (κ2) is 5.63. The van der Waals surface area contributed by atoms with Crippen LogP contribution in [0.2, 0.25) is 0 Å². The monoisotopic (exact) mass is 332 g/mol. The molecule has 3 rings (SSSR count). The zero-order valence-corrected chi connectivity index (χ0v) is 14.8. The van der Waals surface area contributed by atoms with Crippen molar-refractivity contribution in [1.82, 2.24) is 0 Å². The van der Waals surface area contributed by atoms with Crippen LogP contribution in [-0.2, 0) is 9.59 Å². The van der Waals surface area contributed by atoms with Gasteiger partial charge in [-0.2, -0.15) is 0 Å². The molecule has 0 heterocycles. The van der Waals surface area contributed by atoms with Gasteiger partial charge in [-0.1, -0.05) is 39.8 Å². The lowest BCUT2D eigenvalue weighted by atomic mass is 9.52. The van der Waals surface area contributed by atoms with E-state index in [2.05, 4.69) is 20.4 Å². The van der Waals surface area contributed by atoms with Crippen molar-refractivity contribution in [2.24, 2.45) is 22.7 Å². The van der Waals surface area contributed by atoms with Crippen molar-refractivity contribution in [2.45, 2.75) is 65.1 Å². The Hall–Kier alpha value is -1.26. The third kappa shape index (κ3) is 2.51. The number of aliphatic hydroxyl groups excluding tert-OH is 2. The van der Waals surface area contributed by atoms with E-state index >= 15 is 0 Å². The number of Topliss-reactive ketones (excluding diaryl/α,β-unsaturated/α-hetero) is 2. The Labute approximate surface area is 143 Å². The molecule has 5 atom stereocenters. The molecule has 1 saturated carbocycles. The van der Waals surface area contributed by atoms with Gasteiger partial charge in [0, 0.05) is 16.9 Å². The van der Waals surface area contributed by atoms with Crippen LogP contribution >= 0.6 is 0 Å². The summed E-state index contributed by atoms with van der Waals surface area (Å²) in [5.74, 6) is -0.784. The summed E-state index contributed by atoms with van der Waals surface area (Å²) in [6.07, 6.45) is 2.95. The second-order valence-corrected chi connectivity index (χ2v) is 8.76. The minimum absolute atomic E-state index is 0.0741. The normalized spacial score (nSPS) is 42.5. The van der Waals surface area contributed by atoms with Crippen molar-refractivity contribution in [2.75, 3.05) is 0 Å². The molecule has 4 nitrogen and oxygen atoms in total. The van der Waals surface area contributed by atoms with Crippen LogP contribution in [0, 0.1) is 22.7 Å². The van der Waals surface area contributed by atoms with Crippen LogP contribution in [0.15, 0.2) is 23.8 Å². The molecule has 4 heteroatoms. The van der Waals surface area contributed by atoms with Crippen molar-refractivity contribution in [3.63, 3.8) is 0 Å². The molecule has 1 unspecified atom stereocenters. The SMILES string of the molecule is C=C1C(=O)C2=CC1C[C@@H](O)C(=O)[C@]1(C)CCCC(C)(C)[C@H]1C[C@H]2O. The van der Waals surface area contributed by atoms with E-state index in [-0.39, 0.29) is 35.2 Å². The Kier molecular flexibility index (Phi) is 4.12. The van der Waals surface area contributed by atoms with Gasteiger partial charge in [0.25, 0.3) is 0 Å². The van der Waals surface area contributed by atoms with Gasteiger partial charge in [0.05, 0.1) is 6.10 Å². The van der Waals surface area contributed by atoms with E-state index in [1.807, 2.05) is 6.92 Å². The zero-order valence-electron chi connectivity index (χ0n) is 14.8. The zero-order chi connectivity index (χ0) is 17.9. The number of fused-ring (bicyclic) bond motifs is 2. The second-order valence-electron chi connectivity index (χ2n) is 8.76. The maximum absolute atomic E-state index is 13.1. The van der Waals surface area contributed by atoms with Gasteiger partial charge >= 0.3 is 0 Å². The largest absolute Gasteiger partial charge is 0.388 e. The maximum atomic E-state index is 13.1. The highest BCUT2D eigenvalue weighted by atomic mass is 16.3. The summed E-state index contributed by atoms with van der Waals surface area (Å²) < 4.78 is 0. The average Bonchev–Trinajstić information content (AvgIpc) is 2.77. The van der Waals surface area contributed by atoms with Gasteiger partial charge in [-0.05, 0) is 42.6 Å². The third-order valence-electron chi connectivity index (χ3n) is 6.77. The predicted octanol–water partition coefficient (Wildman–Crippen LogP) is 2.59. The Bertz CT molecular complexity index is 630. The molecule has 0 aromatic carbocycles. The molecule has 0 aromatic heterocycles. The molecule has 24 heavy (non-hydrogen) atoms. The first kappa shape index (κ1) is 17.6. The summed E-state index contributed by atoms with van der Waals surface area (Å²) in [7, 11) is 0. The minimum atomic E-state index is -1.09. The molecule has 0 saturated heterocycles. The van der Waals surface area contributed by atoms with E-state index in [4.69, 9.17) is 0 Å². The van der Waals surface area contributed by atoms with Gasteiger partial charge in [-0.15, -0.1) is 0 Å². The highest BCUT2D eigenvalue weighted by Gasteiger charge is 2.53. The van der Waals surface area contributed by atoms with Crippen molar-refractivity contribution < 1.29 is 19.8 Å². The number of ketones is 2. The van der Waals surface area contributed by atoms with E-state index < -0.39 is 17.6 Å². The van der Waals surface area contributed by atoms with E-state index in [1.54, 1.807) is 6.08 Å². The smallest absolute Gasteiger partial charge is 0.187 e. The average molecular weight is 332 g/mol. The molecule has 0 spiro atoms. The number of rotatable bonds is 0. The van der Waals surface area contributed by atoms with Crippen LogP contribution in [0.3, 0.4) is 0 Å². The molecule has 0 radical (unpaired) electrons. The molecule has 2 bridgehead atoms. The van der Waals surface area contributed by atoms with Gasteiger partial charge in [-0.25, -0.2) is 0 Å². The van der Waals surface area contributed by atoms with Crippen LogP contribution in [0.1, 0.15) is 52.9 Å². The maximum Gasteiger partial charge on any atom is 0.187 e.